The fourth-order valence-corrected chi connectivity index (χ4v) is 5.76. The van der Waals surface area contributed by atoms with E-state index in [0.717, 1.165) is 63.0 Å². The first-order chi connectivity index (χ1) is 14.7. The van der Waals surface area contributed by atoms with Crippen LogP contribution in [0.2, 0.25) is 0 Å². The second-order valence-corrected chi connectivity index (χ2v) is 9.59. The Labute approximate surface area is 178 Å². The van der Waals surface area contributed by atoms with Crippen LogP contribution in [-0.2, 0) is 19.6 Å². The van der Waals surface area contributed by atoms with E-state index in [0.29, 0.717) is 11.8 Å². The van der Waals surface area contributed by atoms with E-state index < -0.39 is 0 Å². The molecule has 0 amide bonds. The molecule has 6 nitrogen and oxygen atoms in total. The predicted molar refractivity (Wildman–Crippen MR) is 116 cm³/mol. The van der Waals surface area contributed by atoms with Crippen LogP contribution in [0.15, 0.2) is 27.6 Å². The average molecular weight is 411 g/mol. The van der Waals surface area contributed by atoms with Crippen molar-refractivity contribution in [3.8, 4) is 0 Å². The fourth-order valence-electron chi connectivity index (χ4n) is 5.76. The first kappa shape index (κ1) is 20.0. The molecule has 2 bridgehead atoms. The third kappa shape index (κ3) is 4.26. The van der Waals surface area contributed by atoms with Gasteiger partial charge < -0.3 is 8.98 Å². The summed E-state index contributed by atoms with van der Waals surface area (Å²) >= 11 is 0. The van der Waals surface area contributed by atoms with Gasteiger partial charge in [-0.05, 0) is 44.3 Å². The lowest BCUT2D eigenvalue weighted by atomic mass is 9.83. The van der Waals surface area contributed by atoms with Crippen molar-refractivity contribution in [3.05, 3.63) is 51.6 Å². The summed E-state index contributed by atoms with van der Waals surface area (Å²) in [5, 5.41) is 0. The van der Waals surface area contributed by atoms with Crippen molar-refractivity contribution in [2.24, 2.45) is 5.92 Å². The van der Waals surface area contributed by atoms with E-state index in [2.05, 4.69) is 31.5 Å². The normalized spacial score (nSPS) is 25.5. The van der Waals surface area contributed by atoms with E-state index in [1.54, 1.807) is 6.26 Å². The molecule has 2 aromatic heterocycles. The molecule has 30 heavy (non-hydrogen) atoms. The summed E-state index contributed by atoms with van der Waals surface area (Å²) in [4.78, 5) is 22.8. The Balaban J connectivity index is 1.31. The van der Waals surface area contributed by atoms with Crippen LogP contribution in [0.3, 0.4) is 0 Å². The minimum atomic E-state index is 0.254. The van der Waals surface area contributed by atoms with Crippen molar-refractivity contribution < 1.29 is 4.42 Å². The molecule has 162 valence electrons. The zero-order valence-electron chi connectivity index (χ0n) is 18.2. The minimum absolute atomic E-state index is 0.254. The summed E-state index contributed by atoms with van der Waals surface area (Å²) < 4.78 is 7.48. The molecule has 0 radical (unpaired) electrons. The van der Waals surface area contributed by atoms with E-state index >= 15 is 0 Å². The van der Waals surface area contributed by atoms with Crippen LogP contribution in [0.25, 0.3) is 0 Å². The highest BCUT2D eigenvalue weighted by Gasteiger charge is 2.35. The number of piperidine rings is 1. The summed E-state index contributed by atoms with van der Waals surface area (Å²) in [6.07, 6.45) is 9.51. The summed E-state index contributed by atoms with van der Waals surface area (Å²) in [6.45, 7) is 8.67. The van der Waals surface area contributed by atoms with Crippen molar-refractivity contribution in [1.82, 2.24) is 19.4 Å². The third-order valence-corrected chi connectivity index (χ3v) is 7.15. The van der Waals surface area contributed by atoms with Crippen LogP contribution in [0.5, 0.6) is 0 Å². The first-order valence-electron chi connectivity index (χ1n) is 11.7. The number of nitrogens with zero attached hydrogens (tertiary/aromatic N) is 4. The monoisotopic (exact) mass is 410 g/mol. The van der Waals surface area contributed by atoms with E-state index in [4.69, 9.17) is 4.42 Å². The van der Waals surface area contributed by atoms with Gasteiger partial charge in [-0.25, -0.2) is 4.98 Å². The standard InChI is InChI=1S/C24H34N4O2/c1-18-25-22(17-30-18)16-27-12-19-11-21(15-27)23-8-7-20(24(29)28(23)13-19)14-26-9-5-3-2-4-6-10-26/h7-8,17,19,21H,2-6,9-16H2,1H3/t19-,21+/m0/s1. The molecule has 2 fully saturated rings. The second kappa shape index (κ2) is 8.67. The van der Waals surface area contributed by atoms with Gasteiger partial charge in [0, 0.05) is 56.8 Å². The second-order valence-electron chi connectivity index (χ2n) is 9.59. The van der Waals surface area contributed by atoms with Gasteiger partial charge >= 0.3 is 0 Å². The Morgan fingerprint density at radius 2 is 1.80 bits per heavy atom. The first-order valence-corrected chi connectivity index (χ1v) is 11.7. The fraction of sp³-hybridized carbons (Fsp3) is 0.667. The summed E-state index contributed by atoms with van der Waals surface area (Å²) in [5.74, 6) is 1.71. The van der Waals surface area contributed by atoms with Crippen molar-refractivity contribution in [2.75, 3.05) is 26.2 Å². The Hall–Kier alpha value is -1.92. The Morgan fingerprint density at radius 1 is 1.00 bits per heavy atom. The van der Waals surface area contributed by atoms with Crippen molar-refractivity contribution >= 4 is 0 Å². The van der Waals surface area contributed by atoms with Crippen LogP contribution >= 0.6 is 0 Å². The largest absolute Gasteiger partial charge is 0.449 e. The number of likely N-dealkylation sites (tertiary alicyclic amines) is 2. The minimum Gasteiger partial charge on any atom is -0.449 e. The highest BCUT2D eigenvalue weighted by atomic mass is 16.3. The molecule has 0 aromatic carbocycles. The quantitative estimate of drug-likeness (QED) is 0.772. The van der Waals surface area contributed by atoms with E-state index in [9.17, 15) is 4.79 Å². The molecule has 0 spiro atoms. The van der Waals surface area contributed by atoms with E-state index in [-0.39, 0.29) is 5.56 Å². The number of rotatable bonds is 4. The lowest BCUT2D eigenvalue weighted by Gasteiger charge is -2.42. The molecule has 0 aliphatic carbocycles. The van der Waals surface area contributed by atoms with Crippen LogP contribution < -0.4 is 5.56 Å². The summed E-state index contributed by atoms with van der Waals surface area (Å²) in [6, 6.07) is 4.36. The van der Waals surface area contributed by atoms with E-state index in [1.807, 2.05) is 6.92 Å². The van der Waals surface area contributed by atoms with Crippen LogP contribution in [0, 0.1) is 12.8 Å². The molecule has 6 heteroatoms. The third-order valence-electron chi connectivity index (χ3n) is 7.15. The molecule has 2 saturated heterocycles. The van der Waals surface area contributed by atoms with E-state index in [1.165, 1.54) is 44.2 Å². The van der Waals surface area contributed by atoms with Gasteiger partial charge in [-0.3, -0.25) is 14.6 Å². The molecular weight excluding hydrogens is 376 g/mol. The maximum absolute atomic E-state index is 13.3. The van der Waals surface area contributed by atoms with Crippen LogP contribution in [-0.4, -0.2) is 45.5 Å². The molecular formula is C24H34N4O2. The Kier molecular flexibility index (Phi) is 5.79. The number of pyridine rings is 1. The zero-order chi connectivity index (χ0) is 20.5. The SMILES string of the molecule is Cc1nc(CN2C[C@@H]3C[C@H](C2)c2ccc(CN4CCCCCCC4)c(=O)n2C3)co1. The molecule has 5 rings (SSSR count). The van der Waals surface area contributed by atoms with Crippen molar-refractivity contribution in [1.29, 1.82) is 0 Å². The highest BCUT2D eigenvalue weighted by molar-refractivity contribution is 5.22. The van der Waals surface area contributed by atoms with Crippen LogP contribution in [0.4, 0.5) is 0 Å². The van der Waals surface area contributed by atoms with Gasteiger partial charge in [0.25, 0.3) is 5.56 Å². The molecule has 0 saturated carbocycles. The number of hydrogen-bond acceptors (Lipinski definition) is 5. The van der Waals surface area contributed by atoms with Crippen molar-refractivity contribution in [2.45, 2.75) is 71.0 Å². The average Bonchev–Trinajstić information content (AvgIpc) is 3.10. The van der Waals surface area contributed by atoms with Crippen LogP contribution in [0.1, 0.15) is 67.3 Å². The number of hydrogen-bond donors (Lipinski definition) is 0. The van der Waals surface area contributed by atoms with Gasteiger partial charge in [-0.15, -0.1) is 0 Å². The lowest BCUT2D eigenvalue weighted by Crippen LogP contribution is -2.47. The van der Waals surface area contributed by atoms with Gasteiger partial charge in [0.2, 0.25) is 0 Å². The molecule has 2 atom stereocenters. The molecule has 0 unspecified atom stereocenters. The van der Waals surface area contributed by atoms with Gasteiger partial charge in [0.1, 0.15) is 6.26 Å². The maximum atomic E-state index is 13.3. The lowest BCUT2D eigenvalue weighted by molar-refractivity contribution is 0.113. The number of aromatic nitrogens is 2. The molecule has 0 N–H and O–H groups in total. The van der Waals surface area contributed by atoms with Gasteiger partial charge in [-0.1, -0.05) is 25.3 Å². The van der Waals surface area contributed by atoms with Crippen molar-refractivity contribution in [3.63, 3.8) is 0 Å². The topological polar surface area (TPSA) is 54.5 Å². The highest BCUT2D eigenvalue weighted by Crippen LogP contribution is 2.35. The number of aryl methyl sites for hydroxylation is 1. The summed E-state index contributed by atoms with van der Waals surface area (Å²) in [5.41, 5.74) is 3.47. The Morgan fingerprint density at radius 3 is 2.57 bits per heavy atom. The smallest absolute Gasteiger partial charge is 0.255 e. The van der Waals surface area contributed by atoms with Gasteiger partial charge in [0.05, 0.1) is 5.69 Å². The van der Waals surface area contributed by atoms with Gasteiger partial charge in [-0.2, -0.15) is 0 Å². The Bertz CT molecular complexity index is 926. The molecule has 5 heterocycles. The number of fused-ring (bicyclic) bond motifs is 4. The number of oxazole rings is 1. The zero-order valence-corrected chi connectivity index (χ0v) is 18.2. The predicted octanol–water partition coefficient (Wildman–Crippen LogP) is 3.53. The molecule has 2 aromatic rings. The molecule has 3 aliphatic heterocycles. The van der Waals surface area contributed by atoms with Gasteiger partial charge in [0.15, 0.2) is 5.89 Å². The maximum Gasteiger partial charge on any atom is 0.255 e. The molecule has 3 aliphatic rings. The summed E-state index contributed by atoms with van der Waals surface area (Å²) in [7, 11) is 0.